The number of quaternary nitrogens is 1. The minimum absolute atomic E-state index is 0.0652. The highest BCUT2D eigenvalue weighted by Gasteiger charge is 2.66. The molecule has 15 heteroatoms. The van der Waals surface area contributed by atoms with Gasteiger partial charge < -0.3 is 40.8 Å². The fourth-order valence-corrected chi connectivity index (χ4v) is 12.8. The smallest absolute Gasteiger partial charge is 0.355 e. The molecule has 4 aliphatic carbocycles. The van der Waals surface area contributed by atoms with Crippen LogP contribution in [0.25, 0.3) is 15.8 Å². The van der Waals surface area contributed by atoms with E-state index >= 15 is 0 Å². The van der Waals surface area contributed by atoms with Crippen LogP contribution < -0.4 is 15.5 Å². The summed E-state index contributed by atoms with van der Waals surface area (Å²) in [5.74, 6) is 0.120. The van der Waals surface area contributed by atoms with Crippen molar-refractivity contribution in [1.29, 1.82) is 5.41 Å². The van der Waals surface area contributed by atoms with Gasteiger partial charge in [-0.2, -0.15) is 0 Å². The maximum absolute atomic E-state index is 14.4. The number of likely N-dealkylation sites (N-methyl/N-ethyl adjacent to an activating group) is 1. The first-order valence-corrected chi connectivity index (χ1v) is 21.7. The number of anilines is 4. The molecular weight excluding hydrogens is 770 g/mol. The van der Waals surface area contributed by atoms with Gasteiger partial charge in [-0.25, -0.2) is 19.2 Å². The van der Waals surface area contributed by atoms with Gasteiger partial charge in [-0.1, -0.05) is 31.3 Å². The Morgan fingerprint density at radius 2 is 1.88 bits per heavy atom. The number of hydrogen-bond donors (Lipinski definition) is 5. The predicted molar refractivity (Wildman–Crippen MR) is 229 cm³/mol. The van der Waals surface area contributed by atoms with E-state index in [9.17, 15) is 19.4 Å². The number of aromatic nitrogens is 4. The molecule has 4 saturated carbocycles. The second kappa shape index (κ2) is 15.9. The molecule has 0 radical (unpaired) electrons. The Morgan fingerprint density at radius 3 is 2.59 bits per heavy atom. The predicted octanol–water partition coefficient (Wildman–Crippen LogP) is 6.85. The molecule has 13 nitrogen and oxygen atoms in total. The van der Waals surface area contributed by atoms with E-state index < -0.39 is 5.97 Å². The van der Waals surface area contributed by atoms with E-state index in [1.54, 1.807) is 18.2 Å². The summed E-state index contributed by atoms with van der Waals surface area (Å²) in [6, 6.07) is 8.41. The number of nitrogens with zero attached hydrogens (tertiary/aromatic N) is 6. The third-order valence-electron chi connectivity index (χ3n) is 13.3. The third-order valence-corrected chi connectivity index (χ3v) is 14.3. The van der Waals surface area contributed by atoms with Crippen molar-refractivity contribution in [2.24, 2.45) is 16.2 Å². The van der Waals surface area contributed by atoms with E-state index in [2.05, 4.69) is 51.6 Å². The van der Waals surface area contributed by atoms with Crippen LogP contribution in [0.5, 0.6) is 0 Å². The van der Waals surface area contributed by atoms with Gasteiger partial charge in [-0.05, 0) is 107 Å². The molecule has 6 N–H and O–H groups in total. The molecule has 59 heavy (non-hydrogen) atoms. The number of thiazole rings is 1. The van der Waals surface area contributed by atoms with Gasteiger partial charge in [0.2, 0.25) is 0 Å². The molecule has 2 atom stereocenters. The highest BCUT2D eigenvalue weighted by molar-refractivity contribution is 7.22. The van der Waals surface area contributed by atoms with E-state index in [-0.39, 0.29) is 40.0 Å². The summed E-state index contributed by atoms with van der Waals surface area (Å²) < 4.78 is 21.7. The lowest BCUT2D eigenvalue weighted by Crippen LogP contribution is -2.86. The zero-order valence-electron chi connectivity index (χ0n) is 34.8. The standard InChI is InChI=1S/C44H56FN9O4S/c1-27-29-9-7-15-54(38(29)52-51-37(27)50-40-48-33-11-6-10-32(45)36(33)59-40)34-13-12-30(35(49-34)39(56)57)31(19-46)28(2)47-26-43-21-41(3)20-42(4,22-43)24-44(23-41,25-43)58-18-16-53(5)14-8-17-55/h6,10-13,19,46-47,55H,7-9,14-18,20-26H2,1-5H3,(H,56,57)(H,48,50,51)/p+1/b31-28+,46-19?. The second-order valence-corrected chi connectivity index (χ2v) is 19.6. The number of nitrogens with two attached hydrogens (primary N) is 1. The number of pyridine rings is 1. The molecule has 0 spiro atoms. The van der Waals surface area contributed by atoms with E-state index in [1.807, 2.05) is 24.8 Å². The lowest BCUT2D eigenvalue weighted by Gasteiger charge is -2.68. The molecule has 314 valence electrons. The topological polar surface area (TPSA) is 177 Å². The van der Waals surface area contributed by atoms with Gasteiger partial charge >= 0.3 is 5.97 Å². The van der Waals surface area contributed by atoms with Crippen LogP contribution in [-0.2, 0) is 11.2 Å². The number of aliphatic hydroxyl groups excluding tert-OH is 1. The number of carboxylic acids is 1. The van der Waals surface area contributed by atoms with Crippen molar-refractivity contribution in [1.82, 2.24) is 25.1 Å². The van der Waals surface area contributed by atoms with Crippen LogP contribution in [0.2, 0.25) is 0 Å². The lowest BCUT2D eigenvalue weighted by molar-refractivity contribution is -0.623. The molecule has 9 rings (SSSR count). The Bertz CT molecular complexity index is 2300. The monoisotopic (exact) mass is 826 g/mol. The lowest BCUT2D eigenvalue weighted by atomic mass is 9.39. The number of aromatic carboxylic acids is 1. The minimum Gasteiger partial charge on any atom is -0.476 e. The average molecular weight is 827 g/mol. The van der Waals surface area contributed by atoms with Crippen molar-refractivity contribution in [3.8, 4) is 0 Å². The molecular formula is C44H57FN9O4S+. The second-order valence-electron chi connectivity index (χ2n) is 18.6. The van der Waals surface area contributed by atoms with Gasteiger partial charge in [0.05, 0.1) is 34.5 Å². The first kappa shape index (κ1) is 41.3. The van der Waals surface area contributed by atoms with Gasteiger partial charge in [0.25, 0.3) is 0 Å². The molecule has 4 bridgehead atoms. The van der Waals surface area contributed by atoms with Crippen molar-refractivity contribution in [2.75, 3.05) is 56.7 Å². The Hall–Kier alpha value is -4.41. The Labute approximate surface area is 349 Å². The molecule has 2 unspecified atom stereocenters. The quantitative estimate of drug-likeness (QED) is 0.0747. The maximum atomic E-state index is 14.4. The van der Waals surface area contributed by atoms with E-state index in [0.717, 1.165) is 87.8 Å². The van der Waals surface area contributed by atoms with Crippen LogP contribution in [0.1, 0.15) is 99.3 Å². The number of carbonyl (C=O) groups is 1. The van der Waals surface area contributed by atoms with Crippen molar-refractivity contribution < 1.29 is 29.5 Å². The van der Waals surface area contributed by atoms with Crippen LogP contribution in [0.3, 0.4) is 0 Å². The number of hydrogen-bond acceptors (Lipinski definition) is 12. The summed E-state index contributed by atoms with van der Waals surface area (Å²) in [7, 11) is 2.08. The molecule has 4 heterocycles. The normalized spacial score (nSPS) is 26.3. The molecule has 4 aromatic rings. The summed E-state index contributed by atoms with van der Waals surface area (Å²) in [4.78, 5) is 26.3. The fourth-order valence-electron chi connectivity index (χ4n) is 11.9. The Balaban J connectivity index is 1.01. The molecule has 4 fully saturated rings. The maximum Gasteiger partial charge on any atom is 0.355 e. The van der Waals surface area contributed by atoms with Gasteiger partial charge in [-0.15, -0.1) is 10.2 Å². The summed E-state index contributed by atoms with van der Waals surface area (Å²) >= 11 is 1.22. The van der Waals surface area contributed by atoms with E-state index in [1.165, 1.54) is 30.0 Å². The largest absolute Gasteiger partial charge is 0.476 e. The van der Waals surface area contributed by atoms with Gasteiger partial charge in [0.15, 0.2) is 22.5 Å². The summed E-state index contributed by atoms with van der Waals surface area (Å²) in [6.45, 7) is 12.8. The number of aliphatic hydroxyl groups is 1. The Kier molecular flexibility index (Phi) is 11.1. The zero-order valence-corrected chi connectivity index (χ0v) is 35.6. The van der Waals surface area contributed by atoms with Crippen molar-refractivity contribution in [2.45, 2.75) is 91.1 Å². The van der Waals surface area contributed by atoms with Crippen LogP contribution >= 0.6 is 11.3 Å². The first-order chi connectivity index (χ1) is 28.2. The number of benzene rings is 1. The average Bonchev–Trinajstić information content (AvgIpc) is 3.60. The molecule has 5 aliphatic rings. The SMILES string of the molecule is C/C([NH2+]CC12CC3(C)CC(C)(C1)CC(OCCN(C)CCCO)(C3)C2)=C(/C=N)c1ccc(N2CCCc3c2nnc(Nc2nc4cccc(F)c4s2)c3C)nc1C(=O)O. The van der Waals surface area contributed by atoms with Gasteiger partial charge in [0, 0.05) is 61.5 Å². The molecule has 3 aromatic heterocycles. The molecule has 1 aromatic carbocycles. The van der Waals surface area contributed by atoms with Crippen LogP contribution in [-0.4, -0.2) is 99.5 Å². The van der Waals surface area contributed by atoms with Gasteiger partial charge in [0.1, 0.15) is 17.3 Å². The molecule has 1 aliphatic heterocycles. The summed E-state index contributed by atoms with van der Waals surface area (Å²) in [5, 5.41) is 43.4. The zero-order chi connectivity index (χ0) is 41.7. The summed E-state index contributed by atoms with van der Waals surface area (Å²) in [5.41, 5.74) is 4.43. The molecule has 0 amide bonds. The number of allylic oxidation sites excluding steroid dienone is 2. The van der Waals surface area contributed by atoms with Crippen molar-refractivity contribution >= 4 is 61.9 Å². The number of nitrogens with one attached hydrogen (secondary N) is 2. The van der Waals surface area contributed by atoms with E-state index in [4.69, 9.17) is 15.1 Å². The van der Waals surface area contributed by atoms with Crippen LogP contribution in [0, 0.1) is 34.4 Å². The number of rotatable bonds is 16. The number of carboxylic acid groups (broad SMARTS) is 1. The van der Waals surface area contributed by atoms with Crippen LogP contribution in [0.4, 0.5) is 27.0 Å². The van der Waals surface area contributed by atoms with Gasteiger partial charge in [-0.3, -0.25) is 0 Å². The highest BCUT2D eigenvalue weighted by Crippen LogP contribution is 2.71. The first-order valence-electron chi connectivity index (χ1n) is 20.8. The number of fused-ring (bicyclic) bond motifs is 2. The van der Waals surface area contributed by atoms with Crippen molar-refractivity contribution in [3.05, 3.63) is 64.2 Å². The number of ether oxygens (including phenoxy) is 1. The van der Waals surface area contributed by atoms with E-state index in [0.29, 0.717) is 57.1 Å². The molecule has 0 saturated heterocycles. The van der Waals surface area contributed by atoms with Crippen LogP contribution in [0.15, 0.2) is 36.0 Å². The third kappa shape index (κ3) is 8.11. The van der Waals surface area contributed by atoms with Crippen molar-refractivity contribution in [3.63, 3.8) is 0 Å². The highest BCUT2D eigenvalue weighted by atomic mass is 32.1. The minimum atomic E-state index is -1.16. The Morgan fingerprint density at radius 1 is 1.10 bits per heavy atom. The number of halogens is 1. The fraction of sp³-hybridized carbons (Fsp3) is 0.545. The summed E-state index contributed by atoms with van der Waals surface area (Å²) in [6.07, 6.45) is 10.2.